The molecule has 0 saturated heterocycles. The molecule has 0 aliphatic heterocycles. The first-order valence-corrected chi connectivity index (χ1v) is 5.32. The molecule has 0 amide bonds. The number of H-pyrrole nitrogens is 1. The van der Waals surface area contributed by atoms with Gasteiger partial charge >= 0.3 is 5.69 Å². The Labute approximate surface area is 101 Å². The maximum absolute atomic E-state index is 11.4. The molecule has 3 aromatic rings. The van der Waals surface area contributed by atoms with Gasteiger partial charge in [0.05, 0.1) is 12.7 Å². The largest absolute Gasteiger partial charge is 0.363 e. The fourth-order valence-corrected chi connectivity index (χ4v) is 1.70. The fraction of sp³-hybridized carbons (Fsp3) is 0.200. The van der Waals surface area contributed by atoms with E-state index >= 15 is 0 Å². The molecule has 0 fully saturated rings. The number of hydrogen-bond donors (Lipinski definition) is 2. The second-order valence-corrected chi connectivity index (χ2v) is 3.74. The maximum atomic E-state index is 11.4. The van der Waals surface area contributed by atoms with Crippen molar-refractivity contribution >= 4 is 11.5 Å². The number of hydrogen-bond acceptors (Lipinski definition) is 6. The highest BCUT2D eigenvalue weighted by Crippen LogP contribution is 2.09. The Bertz CT molecular complexity index is 726. The van der Waals surface area contributed by atoms with Gasteiger partial charge in [-0.1, -0.05) is 5.16 Å². The summed E-state index contributed by atoms with van der Waals surface area (Å²) in [4.78, 5) is 15.7. The van der Waals surface area contributed by atoms with Gasteiger partial charge in [-0.15, -0.1) is 0 Å². The Hall–Kier alpha value is -2.64. The van der Waals surface area contributed by atoms with E-state index in [4.69, 9.17) is 4.52 Å². The average molecular weight is 246 g/mol. The number of anilines is 1. The zero-order valence-corrected chi connectivity index (χ0v) is 9.54. The molecule has 3 rings (SSSR count). The van der Waals surface area contributed by atoms with E-state index in [1.807, 2.05) is 0 Å². The highest BCUT2D eigenvalue weighted by molar-refractivity contribution is 5.49. The van der Waals surface area contributed by atoms with Crippen molar-refractivity contribution in [3.8, 4) is 0 Å². The van der Waals surface area contributed by atoms with Gasteiger partial charge in [-0.2, -0.15) is 5.10 Å². The van der Waals surface area contributed by atoms with E-state index in [9.17, 15) is 4.79 Å². The van der Waals surface area contributed by atoms with Crippen molar-refractivity contribution in [1.29, 1.82) is 0 Å². The molecule has 8 heteroatoms. The Morgan fingerprint density at radius 3 is 3.22 bits per heavy atom. The molecule has 0 aliphatic rings. The SMILES string of the molecule is Cc1nc(NCc2ccno2)cc2n[nH]c(=O)n12. The minimum Gasteiger partial charge on any atom is -0.363 e. The highest BCUT2D eigenvalue weighted by atomic mass is 16.5. The number of nitrogens with one attached hydrogen (secondary N) is 2. The van der Waals surface area contributed by atoms with Crippen molar-refractivity contribution in [2.75, 3.05) is 5.32 Å². The molecule has 3 heterocycles. The lowest BCUT2D eigenvalue weighted by molar-refractivity contribution is 0.388. The lowest BCUT2D eigenvalue weighted by Gasteiger charge is -2.04. The van der Waals surface area contributed by atoms with E-state index < -0.39 is 0 Å². The Kier molecular flexibility index (Phi) is 2.33. The van der Waals surface area contributed by atoms with Crippen molar-refractivity contribution < 1.29 is 4.52 Å². The second kappa shape index (κ2) is 3.99. The summed E-state index contributed by atoms with van der Waals surface area (Å²) in [5.74, 6) is 1.88. The Morgan fingerprint density at radius 1 is 1.56 bits per heavy atom. The number of nitrogens with zero attached hydrogens (tertiary/aromatic N) is 4. The van der Waals surface area contributed by atoms with Crippen molar-refractivity contribution in [1.82, 2.24) is 24.7 Å². The summed E-state index contributed by atoms with van der Waals surface area (Å²) in [6.45, 7) is 2.21. The van der Waals surface area contributed by atoms with Crippen LogP contribution in [0.4, 0.5) is 5.82 Å². The topological polar surface area (TPSA) is 101 Å². The molecule has 0 atom stereocenters. The lowest BCUT2D eigenvalue weighted by atomic mass is 10.4. The number of aromatic nitrogens is 5. The van der Waals surface area contributed by atoms with Crippen LogP contribution in [0, 0.1) is 6.92 Å². The van der Waals surface area contributed by atoms with Crippen molar-refractivity contribution in [3.63, 3.8) is 0 Å². The van der Waals surface area contributed by atoms with Gasteiger partial charge in [0, 0.05) is 12.1 Å². The van der Waals surface area contributed by atoms with Crippen molar-refractivity contribution in [2.45, 2.75) is 13.5 Å². The molecular weight excluding hydrogens is 236 g/mol. The lowest BCUT2D eigenvalue weighted by Crippen LogP contribution is -2.14. The van der Waals surface area contributed by atoms with E-state index in [-0.39, 0.29) is 5.69 Å². The fourth-order valence-electron chi connectivity index (χ4n) is 1.70. The van der Waals surface area contributed by atoms with Gasteiger partial charge in [0.1, 0.15) is 11.6 Å². The summed E-state index contributed by atoms with van der Waals surface area (Å²) in [5.41, 5.74) is 0.226. The Balaban J connectivity index is 1.91. The van der Waals surface area contributed by atoms with Crippen molar-refractivity contribution in [3.05, 3.63) is 40.4 Å². The van der Waals surface area contributed by atoms with Gasteiger partial charge in [-0.05, 0) is 6.92 Å². The van der Waals surface area contributed by atoms with Gasteiger partial charge in [0.15, 0.2) is 11.4 Å². The van der Waals surface area contributed by atoms with E-state index in [2.05, 4.69) is 25.7 Å². The summed E-state index contributed by atoms with van der Waals surface area (Å²) in [5, 5.41) is 13.0. The number of aromatic amines is 1. The number of fused-ring (bicyclic) bond motifs is 1. The summed E-state index contributed by atoms with van der Waals surface area (Å²) < 4.78 is 6.36. The molecule has 0 saturated carbocycles. The van der Waals surface area contributed by atoms with Crippen LogP contribution in [0.3, 0.4) is 0 Å². The molecule has 92 valence electrons. The van der Waals surface area contributed by atoms with E-state index in [0.717, 1.165) is 0 Å². The first kappa shape index (κ1) is 10.5. The van der Waals surface area contributed by atoms with Crippen LogP contribution in [0.2, 0.25) is 0 Å². The van der Waals surface area contributed by atoms with Gasteiger partial charge < -0.3 is 9.84 Å². The molecule has 0 aliphatic carbocycles. The van der Waals surface area contributed by atoms with Gasteiger partial charge in [-0.25, -0.2) is 19.3 Å². The summed E-state index contributed by atoms with van der Waals surface area (Å²) in [6.07, 6.45) is 1.58. The Morgan fingerprint density at radius 2 is 2.44 bits per heavy atom. The number of aryl methyl sites for hydroxylation is 1. The van der Waals surface area contributed by atoms with E-state index in [1.165, 1.54) is 4.40 Å². The molecule has 2 N–H and O–H groups in total. The molecule has 0 spiro atoms. The third-order valence-electron chi connectivity index (χ3n) is 2.50. The minimum atomic E-state index is -0.295. The first-order chi connectivity index (χ1) is 8.74. The minimum absolute atomic E-state index is 0.295. The molecule has 8 nitrogen and oxygen atoms in total. The van der Waals surface area contributed by atoms with Crippen LogP contribution in [-0.2, 0) is 6.54 Å². The van der Waals surface area contributed by atoms with Gasteiger partial charge in [0.2, 0.25) is 0 Å². The van der Waals surface area contributed by atoms with Crippen LogP contribution in [0.15, 0.2) is 27.6 Å². The van der Waals surface area contributed by atoms with E-state index in [0.29, 0.717) is 29.6 Å². The van der Waals surface area contributed by atoms with Crippen LogP contribution in [0.25, 0.3) is 5.65 Å². The van der Waals surface area contributed by atoms with Crippen LogP contribution < -0.4 is 11.0 Å². The average Bonchev–Trinajstić information content (AvgIpc) is 2.97. The third kappa shape index (κ3) is 1.73. The highest BCUT2D eigenvalue weighted by Gasteiger charge is 2.07. The molecule has 0 aromatic carbocycles. The second-order valence-electron chi connectivity index (χ2n) is 3.74. The van der Waals surface area contributed by atoms with Crippen LogP contribution in [0.1, 0.15) is 11.6 Å². The smallest absolute Gasteiger partial charge is 0.349 e. The number of rotatable bonds is 3. The van der Waals surface area contributed by atoms with Crippen LogP contribution in [-0.4, -0.2) is 24.7 Å². The van der Waals surface area contributed by atoms with Gasteiger partial charge in [-0.3, -0.25) is 0 Å². The molecular formula is C10H10N6O2. The van der Waals surface area contributed by atoms with E-state index in [1.54, 1.807) is 25.3 Å². The van der Waals surface area contributed by atoms with Gasteiger partial charge in [0.25, 0.3) is 0 Å². The predicted octanol–water partition coefficient (Wildman–Crippen LogP) is 0.326. The molecule has 0 unspecified atom stereocenters. The van der Waals surface area contributed by atoms with Crippen molar-refractivity contribution in [2.24, 2.45) is 0 Å². The monoisotopic (exact) mass is 246 g/mol. The molecule has 0 radical (unpaired) electrons. The zero-order valence-electron chi connectivity index (χ0n) is 9.54. The molecule has 18 heavy (non-hydrogen) atoms. The first-order valence-electron chi connectivity index (χ1n) is 5.32. The van der Waals surface area contributed by atoms with Crippen LogP contribution >= 0.6 is 0 Å². The summed E-state index contributed by atoms with van der Waals surface area (Å²) in [6, 6.07) is 3.44. The molecule has 0 bridgehead atoms. The predicted molar refractivity (Wildman–Crippen MR) is 62.2 cm³/mol. The third-order valence-corrected chi connectivity index (χ3v) is 2.50. The normalized spacial score (nSPS) is 10.9. The van der Waals surface area contributed by atoms with Crippen LogP contribution in [0.5, 0.6) is 0 Å². The maximum Gasteiger partial charge on any atom is 0.349 e. The quantitative estimate of drug-likeness (QED) is 0.690. The molecule has 3 aromatic heterocycles. The standard InChI is InChI=1S/C10H10N6O2/c1-6-13-8(11-5-7-2-3-12-18-7)4-9-14-15-10(17)16(6)9/h2-4,11H,5H2,1H3,(H,15,17). The zero-order chi connectivity index (χ0) is 12.5. The summed E-state index contributed by atoms with van der Waals surface area (Å²) in [7, 11) is 0. The summed E-state index contributed by atoms with van der Waals surface area (Å²) >= 11 is 0.